The first-order valence-corrected chi connectivity index (χ1v) is 7.11. The summed E-state index contributed by atoms with van der Waals surface area (Å²) >= 11 is 0. The molecule has 2 unspecified atom stereocenters. The van der Waals surface area contributed by atoms with Crippen LogP contribution < -0.4 is 10.6 Å². The average Bonchev–Trinajstić information content (AvgIpc) is 2.79. The fourth-order valence-electron chi connectivity index (χ4n) is 2.59. The molecule has 0 saturated carbocycles. The molecule has 0 radical (unpaired) electrons. The van der Waals surface area contributed by atoms with Crippen molar-refractivity contribution in [1.29, 1.82) is 0 Å². The summed E-state index contributed by atoms with van der Waals surface area (Å²) in [6.45, 7) is 2.24. The lowest BCUT2D eigenvalue weighted by Crippen LogP contribution is -2.40. The van der Waals surface area contributed by atoms with Gasteiger partial charge in [0, 0.05) is 6.54 Å². The monoisotopic (exact) mass is 280 g/mol. The van der Waals surface area contributed by atoms with Crippen LogP contribution in [0.5, 0.6) is 0 Å². The first kappa shape index (κ1) is 14.8. The molecule has 1 aliphatic carbocycles. The summed E-state index contributed by atoms with van der Waals surface area (Å²) in [6, 6.07) is 4.31. The minimum Gasteiger partial charge on any atom is -0.391 e. The zero-order chi connectivity index (χ0) is 14.5. The van der Waals surface area contributed by atoms with Crippen LogP contribution in [0.1, 0.15) is 43.4 Å². The molecule has 0 saturated heterocycles. The third-order valence-corrected chi connectivity index (χ3v) is 3.61. The first-order valence-electron chi connectivity index (χ1n) is 7.11. The van der Waals surface area contributed by atoms with Crippen molar-refractivity contribution in [2.24, 2.45) is 0 Å². The van der Waals surface area contributed by atoms with E-state index in [-0.39, 0.29) is 24.4 Å². The van der Waals surface area contributed by atoms with E-state index in [2.05, 4.69) is 10.6 Å². The van der Waals surface area contributed by atoms with Gasteiger partial charge < -0.3 is 15.7 Å². The van der Waals surface area contributed by atoms with Crippen molar-refractivity contribution in [2.45, 2.75) is 44.8 Å². The Morgan fingerprint density at radius 3 is 3.10 bits per heavy atom. The van der Waals surface area contributed by atoms with Crippen LogP contribution in [-0.2, 0) is 6.42 Å². The maximum Gasteiger partial charge on any atom is 0.315 e. The van der Waals surface area contributed by atoms with Crippen molar-refractivity contribution in [3.63, 3.8) is 0 Å². The van der Waals surface area contributed by atoms with Crippen molar-refractivity contribution in [3.05, 3.63) is 35.1 Å². The van der Waals surface area contributed by atoms with Crippen molar-refractivity contribution >= 4 is 6.03 Å². The molecule has 110 valence electrons. The number of urea groups is 1. The van der Waals surface area contributed by atoms with E-state index in [0.717, 1.165) is 30.4 Å². The number of fused-ring (bicyclic) bond motifs is 1. The number of aryl methyl sites for hydroxylation is 1. The van der Waals surface area contributed by atoms with Gasteiger partial charge in [0.2, 0.25) is 0 Å². The first-order chi connectivity index (χ1) is 9.60. The number of hydrogen-bond acceptors (Lipinski definition) is 2. The Balaban J connectivity index is 1.85. The fourth-order valence-corrected chi connectivity index (χ4v) is 2.59. The summed E-state index contributed by atoms with van der Waals surface area (Å²) in [5, 5.41) is 15.1. The second kappa shape index (κ2) is 6.70. The SMILES string of the molecule is CCCC(O)CNC(=O)NC1CCc2cc(F)ccc21. The van der Waals surface area contributed by atoms with Gasteiger partial charge >= 0.3 is 6.03 Å². The van der Waals surface area contributed by atoms with Crippen molar-refractivity contribution in [1.82, 2.24) is 10.6 Å². The summed E-state index contributed by atoms with van der Waals surface area (Å²) in [4.78, 5) is 11.8. The number of benzene rings is 1. The number of rotatable bonds is 5. The predicted octanol–water partition coefficient (Wildman–Crippen LogP) is 2.27. The molecule has 0 fully saturated rings. The summed E-state index contributed by atoms with van der Waals surface area (Å²) in [5.41, 5.74) is 1.94. The van der Waals surface area contributed by atoms with Gasteiger partial charge in [-0.2, -0.15) is 0 Å². The van der Waals surface area contributed by atoms with Gasteiger partial charge in [-0.3, -0.25) is 0 Å². The fraction of sp³-hybridized carbons (Fsp3) is 0.533. The van der Waals surface area contributed by atoms with Gasteiger partial charge in [-0.05, 0) is 42.5 Å². The van der Waals surface area contributed by atoms with Crippen LogP contribution in [0.4, 0.5) is 9.18 Å². The van der Waals surface area contributed by atoms with Gasteiger partial charge in [0.1, 0.15) is 5.82 Å². The highest BCUT2D eigenvalue weighted by atomic mass is 19.1. The Bertz CT molecular complexity index is 479. The van der Waals surface area contributed by atoms with E-state index in [1.54, 1.807) is 6.07 Å². The quantitative estimate of drug-likeness (QED) is 0.775. The van der Waals surface area contributed by atoms with E-state index < -0.39 is 6.10 Å². The van der Waals surface area contributed by atoms with Crippen LogP contribution in [0.3, 0.4) is 0 Å². The predicted molar refractivity (Wildman–Crippen MR) is 74.9 cm³/mol. The lowest BCUT2D eigenvalue weighted by Gasteiger charge is -2.16. The molecule has 2 rings (SSSR count). The van der Waals surface area contributed by atoms with E-state index in [1.165, 1.54) is 12.1 Å². The van der Waals surface area contributed by atoms with Crippen molar-refractivity contribution < 1.29 is 14.3 Å². The number of carbonyl (C=O) groups excluding carboxylic acids is 1. The standard InChI is InChI=1S/C15H21FN2O2/c1-2-3-12(19)9-17-15(20)18-14-7-4-10-8-11(16)5-6-13(10)14/h5-6,8,12,14,19H,2-4,7,9H2,1H3,(H2,17,18,20). The molecular weight excluding hydrogens is 259 g/mol. The number of halogens is 1. The number of aliphatic hydroxyl groups excluding tert-OH is 1. The van der Waals surface area contributed by atoms with Gasteiger partial charge in [0.05, 0.1) is 12.1 Å². The van der Waals surface area contributed by atoms with Gasteiger partial charge in [0.25, 0.3) is 0 Å². The van der Waals surface area contributed by atoms with E-state index in [1.807, 2.05) is 6.92 Å². The molecule has 4 nitrogen and oxygen atoms in total. The Hall–Kier alpha value is -1.62. The van der Waals surface area contributed by atoms with Crippen LogP contribution in [0.25, 0.3) is 0 Å². The normalized spacial score (nSPS) is 18.4. The van der Waals surface area contributed by atoms with E-state index in [0.29, 0.717) is 6.42 Å². The number of nitrogens with one attached hydrogen (secondary N) is 2. The molecule has 0 spiro atoms. The zero-order valence-electron chi connectivity index (χ0n) is 11.7. The maximum absolute atomic E-state index is 13.1. The summed E-state index contributed by atoms with van der Waals surface area (Å²) < 4.78 is 13.1. The topological polar surface area (TPSA) is 61.4 Å². The highest BCUT2D eigenvalue weighted by molar-refractivity contribution is 5.74. The van der Waals surface area contributed by atoms with Gasteiger partial charge in [-0.1, -0.05) is 19.4 Å². The van der Waals surface area contributed by atoms with Gasteiger partial charge in [0.15, 0.2) is 0 Å². The third-order valence-electron chi connectivity index (χ3n) is 3.61. The molecule has 1 aromatic rings. The number of aliphatic hydroxyl groups is 1. The largest absolute Gasteiger partial charge is 0.391 e. The average molecular weight is 280 g/mol. The Labute approximate surface area is 118 Å². The van der Waals surface area contributed by atoms with Gasteiger partial charge in [-0.25, -0.2) is 9.18 Å². The third kappa shape index (κ3) is 3.70. The van der Waals surface area contributed by atoms with E-state index in [9.17, 15) is 14.3 Å². The molecule has 0 bridgehead atoms. The molecule has 20 heavy (non-hydrogen) atoms. The lowest BCUT2D eigenvalue weighted by molar-refractivity contribution is 0.160. The van der Waals surface area contributed by atoms with E-state index in [4.69, 9.17) is 0 Å². The summed E-state index contributed by atoms with van der Waals surface area (Å²) in [7, 11) is 0. The second-order valence-corrected chi connectivity index (χ2v) is 5.23. The Morgan fingerprint density at radius 1 is 1.55 bits per heavy atom. The van der Waals surface area contributed by atoms with Crippen molar-refractivity contribution in [3.8, 4) is 0 Å². The summed E-state index contributed by atoms with van der Waals surface area (Å²) in [6.07, 6.45) is 2.61. The van der Waals surface area contributed by atoms with Crippen LogP contribution in [0, 0.1) is 5.82 Å². The van der Waals surface area contributed by atoms with Crippen LogP contribution in [0.15, 0.2) is 18.2 Å². The molecule has 1 aromatic carbocycles. The maximum atomic E-state index is 13.1. The highest BCUT2D eigenvalue weighted by Gasteiger charge is 2.24. The number of carbonyl (C=O) groups is 1. The van der Waals surface area contributed by atoms with Crippen LogP contribution in [-0.4, -0.2) is 23.8 Å². The molecule has 5 heteroatoms. The lowest BCUT2D eigenvalue weighted by atomic mass is 10.1. The molecule has 0 aliphatic heterocycles. The highest BCUT2D eigenvalue weighted by Crippen LogP contribution is 2.31. The molecule has 2 atom stereocenters. The molecule has 2 amide bonds. The molecule has 1 aliphatic rings. The minimum atomic E-state index is -0.504. The smallest absolute Gasteiger partial charge is 0.315 e. The molecule has 0 aromatic heterocycles. The molecule has 0 heterocycles. The zero-order valence-corrected chi connectivity index (χ0v) is 11.7. The minimum absolute atomic E-state index is 0.0751. The number of hydrogen-bond donors (Lipinski definition) is 3. The Morgan fingerprint density at radius 2 is 2.35 bits per heavy atom. The van der Waals surface area contributed by atoms with Gasteiger partial charge in [-0.15, -0.1) is 0 Å². The van der Waals surface area contributed by atoms with E-state index >= 15 is 0 Å². The Kier molecular flexibility index (Phi) is 4.95. The van der Waals surface area contributed by atoms with Crippen LogP contribution in [0.2, 0.25) is 0 Å². The summed E-state index contributed by atoms with van der Waals surface area (Å²) in [5.74, 6) is -0.239. The molecule has 3 N–H and O–H groups in total. The van der Waals surface area contributed by atoms with Crippen molar-refractivity contribution in [2.75, 3.05) is 6.54 Å². The molecular formula is C15H21FN2O2. The number of amides is 2. The second-order valence-electron chi connectivity index (χ2n) is 5.23. The van der Waals surface area contributed by atoms with Crippen LogP contribution >= 0.6 is 0 Å².